The van der Waals surface area contributed by atoms with Crippen molar-refractivity contribution >= 4 is 47.0 Å². The molecule has 3 N–H and O–H groups in total. The molecule has 1 atom stereocenters. The number of carbonyl (C=O) groups is 3. The highest BCUT2D eigenvalue weighted by Gasteiger charge is 2.29. The van der Waals surface area contributed by atoms with Crippen molar-refractivity contribution in [1.82, 2.24) is 10.9 Å². The fourth-order valence-electron chi connectivity index (χ4n) is 1.76. The average Bonchev–Trinajstić information content (AvgIpc) is 2.46. The normalized spacial score (nSPS) is 16.3. The van der Waals surface area contributed by atoms with Gasteiger partial charge in [-0.25, -0.2) is 10.2 Å². The number of fused-ring (bicyclic) bond motifs is 1. The number of rotatable bonds is 3. The second-order valence-electron chi connectivity index (χ2n) is 4.33. The maximum Gasteiger partial charge on any atom is 0.426 e. The number of hydrogen-bond acceptors (Lipinski definition) is 5. The molecule has 0 radical (unpaired) electrons. The lowest BCUT2D eigenvalue weighted by Gasteiger charge is -2.23. The fraction of sp³-hybridized carbons (Fsp3) is 0.308. The lowest BCUT2D eigenvalue weighted by atomic mass is 10.2. The number of carbonyl (C=O) groups excluding carboxylic acids is 3. The molecule has 118 valence electrons. The monoisotopic (exact) mass is 343 g/mol. The number of hydrogen-bond donors (Lipinski definition) is 3. The first kappa shape index (κ1) is 16.4. The van der Waals surface area contributed by atoms with Crippen LogP contribution in [0.1, 0.15) is 13.3 Å². The third-order valence-electron chi connectivity index (χ3n) is 2.71. The molecule has 0 spiro atoms. The zero-order valence-electron chi connectivity index (χ0n) is 11.6. The van der Waals surface area contributed by atoms with Crippen LogP contribution in [0.3, 0.4) is 0 Å². The van der Waals surface area contributed by atoms with Crippen molar-refractivity contribution in [1.29, 1.82) is 0 Å². The maximum atomic E-state index is 12.0. The number of ether oxygens (including phenoxy) is 1. The second-order valence-corrected chi connectivity index (χ2v) is 6.01. The van der Waals surface area contributed by atoms with Crippen LogP contribution in [0.5, 0.6) is 0 Å². The molecule has 2 rings (SSSR count). The number of nitrogens with one attached hydrogen (secondary N) is 3. The summed E-state index contributed by atoms with van der Waals surface area (Å²) in [4.78, 5) is 35.6. The van der Waals surface area contributed by atoms with E-state index in [-0.39, 0.29) is 18.9 Å². The Morgan fingerprint density at radius 2 is 2.18 bits per heavy atom. The highest BCUT2D eigenvalue weighted by molar-refractivity contribution is 8.01. The summed E-state index contributed by atoms with van der Waals surface area (Å²) < 4.78 is 4.60. The molecule has 0 saturated carbocycles. The largest absolute Gasteiger partial charge is 0.449 e. The van der Waals surface area contributed by atoms with Crippen molar-refractivity contribution in [2.75, 3.05) is 11.9 Å². The molecule has 0 unspecified atom stereocenters. The molecule has 22 heavy (non-hydrogen) atoms. The van der Waals surface area contributed by atoms with Crippen molar-refractivity contribution in [2.24, 2.45) is 0 Å². The van der Waals surface area contributed by atoms with E-state index in [1.165, 1.54) is 11.8 Å². The first-order valence-corrected chi connectivity index (χ1v) is 7.74. The highest BCUT2D eigenvalue weighted by Crippen LogP contribution is 2.38. The molecule has 3 amide bonds. The molecule has 1 aliphatic heterocycles. The van der Waals surface area contributed by atoms with Crippen molar-refractivity contribution in [3.05, 3.63) is 23.2 Å². The van der Waals surface area contributed by atoms with Crippen molar-refractivity contribution in [2.45, 2.75) is 23.5 Å². The first-order valence-electron chi connectivity index (χ1n) is 6.48. The van der Waals surface area contributed by atoms with Crippen molar-refractivity contribution < 1.29 is 19.1 Å². The van der Waals surface area contributed by atoms with E-state index in [0.717, 1.165) is 4.90 Å². The van der Waals surface area contributed by atoms with Gasteiger partial charge in [-0.15, -0.1) is 11.8 Å². The van der Waals surface area contributed by atoms with E-state index in [1.807, 2.05) is 0 Å². The quantitative estimate of drug-likeness (QED) is 0.729. The summed E-state index contributed by atoms with van der Waals surface area (Å²) >= 11 is 7.14. The SMILES string of the molecule is CCOC(=O)NNC(=O)C[C@@H]1Sc2ccc(Cl)cc2NC1=O. The summed E-state index contributed by atoms with van der Waals surface area (Å²) in [5.41, 5.74) is 4.91. The molecule has 0 aliphatic carbocycles. The zero-order valence-corrected chi connectivity index (χ0v) is 13.2. The molecule has 1 aromatic rings. The molecule has 7 nitrogen and oxygen atoms in total. The first-order chi connectivity index (χ1) is 10.5. The van der Waals surface area contributed by atoms with Crippen LogP contribution < -0.4 is 16.2 Å². The van der Waals surface area contributed by atoms with Gasteiger partial charge in [0.25, 0.3) is 0 Å². The molecule has 9 heteroatoms. The van der Waals surface area contributed by atoms with Crippen LogP contribution in [0, 0.1) is 0 Å². The summed E-state index contributed by atoms with van der Waals surface area (Å²) in [6.45, 7) is 1.84. The van der Waals surface area contributed by atoms with Gasteiger partial charge in [0.15, 0.2) is 0 Å². The molecule has 1 heterocycles. The topological polar surface area (TPSA) is 96.5 Å². The van der Waals surface area contributed by atoms with E-state index >= 15 is 0 Å². The Morgan fingerprint density at radius 3 is 2.91 bits per heavy atom. The molecule has 0 bridgehead atoms. The molecule has 1 aliphatic rings. The average molecular weight is 344 g/mol. The summed E-state index contributed by atoms with van der Waals surface area (Å²) in [6.07, 6.45) is -0.832. The predicted molar refractivity (Wildman–Crippen MR) is 82.6 cm³/mol. The van der Waals surface area contributed by atoms with Gasteiger partial charge in [-0.05, 0) is 25.1 Å². The van der Waals surface area contributed by atoms with E-state index < -0.39 is 17.3 Å². The van der Waals surface area contributed by atoms with E-state index in [4.69, 9.17) is 11.6 Å². The van der Waals surface area contributed by atoms with Crippen LogP contribution in [-0.2, 0) is 14.3 Å². The number of amides is 3. The van der Waals surface area contributed by atoms with Gasteiger partial charge >= 0.3 is 6.09 Å². The van der Waals surface area contributed by atoms with Crippen LogP contribution in [0.25, 0.3) is 0 Å². The van der Waals surface area contributed by atoms with E-state index in [2.05, 4.69) is 20.9 Å². The minimum absolute atomic E-state index is 0.0784. The lowest BCUT2D eigenvalue weighted by molar-refractivity contribution is -0.124. The van der Waals surface area contributed by atoms with Gasteiger partial charge in [0.1, 0.15) is 0 Å². The standard InChI is InChI=1S/C13H14ClN3O4S/c1-2-21-13(20)17-16-11(18)6-10-12(19)15-8-5-7(14)3-4-9(8)22-10/h3-5,10H,2,6H2,1H3,(H,15,19)(H,16,18)(H,17,20)/t10-/m0/s1. The van der Waals surface area contributed by atoms with Gasteiger partial charge in [0.05, 0.1) is 17.5 Å². The molecule has 1 aromatic carbocycles. The third kappa shape index (κ3) is 4.28. The van der Waals surface area contributed by atoms with Gasteiger partial charge in [-0.2, -0.15) is 0 Å². The van der Waals surface area contributed by atoms with Gasteiger partial charge in [0.2, 0.25) is 11.8 Å². The Hall–Kier alpha value is -1.93. The fourth-order valence-corrected chi connectivity index (χ4v) is 3.03. The third-order valence-corrected chi connectivity index (χ3v) is 4.22. The minimum Gasteiger partial charge on any atom is -0.449 e. The summed E-state index contributed by atoms with van der Waals surface area (Å²) in [5, 5.41) is 2.64. The number of hydrazine groups is 1. The number of anilines is 1. The lowest BCUT2D eigenvalue weighted by Crippen LogP contribution is -2.44. The second kappa shape index (κ2) is 7.37. The Morgan fingerprint density at radius 1 is 1.41 bits per heavy atom. The molecule has 0 fully saturated rings. The molecule has 0 aromatic heterocycles. The van der Waals surface area contributed by atoms with Crippen LogP contribution >= 0.6 is 23.4 Å². The van der Waals surface area contributed by atoms with Crippen molar-refractivity contribution in [3.8, 4) is 0 Å². The van der Waals surface area contributed by atoms with E-state index in [9.17, 15) is 14.4 Å². The van der Waals surface area contributed by atoms with Crippen LogP contribution in [-0.4, -0.2) is 29.8 Å². The Balaban J connectivity index is 1.91. The summed E-state index contributed by atoms with van der Waals surface area (Å²) in [6, 6.07) is 5.15. The Labute approximate surface area is 136 Å². The Kier molecular flexibility index (Phi) is 5.51. The van der Waals surface area contributed by atoms with E-state index in [0.29, 0.717) is 10.7 Å². The predicted octanol–water partition coefficient (Wildman–Crippen LogP) is 1.92. The van der Waals surface area contributed by atoms with Crippen LogP contribution in [0.15, 0.2) is 23.1 Å². The summed E-state index contributed by atoms with van der Waals surface area (Å²) in [7, 11) is 0. The van der Waals surface area contributed by atoms with Crippen LogP contribution in [0.4, 0.5) is 10.5 Å². The highest BCUT2D eigenvalue weighted by atomic mass is 35.5. The van der Waals surface area contributed by atoms with E-state index in [1.54, 1.807) is 25.1 Å². The zero-order chi connectivity index (χ0) is 16.1. The van der Waals surface area contributed by atoms with Gasteiger partial charge in [0, 0.05) is 16.3 Å². The minimum atomic E-state index is -0.753. The Bertz CT molecular complexity index is 611. The number of thioether (sulfide) groups is 1. The van der Waals surface area contributed by atoms with Crippen molar-refractivity contribution in [3.63, 3.8) is 0 Å². The smallest absolute Gasteiger partial charge is 0.426 e. The number of benzene rings is 1. The van der Waals surface area contributed by atoms with Gasteiger partial charge in [-0.3, -0.25) is 15.0 Å². The van der Waals surface area contributed by atoms with Crippen LogP contribution in [0.2, 0.25) is 5.02 Å². The maximum absolute atomic E-state index is 12.0. The summed E-state index contributed by atoms with van der Waals surface area (Å²) in [5.74, 6) is -0.774. The molecular formula is C13H14ClN3O4S. The number of halogens is 1. The molecular weight excluding hydrogens is 330 g/mol. The van der Waals surface area contributed by atoms with Gasteiger partial charge in [-0.1, -0.05) is 11.6 Å². The van der Waals surface area contributed by atoms with Gasteiger partial charge < -0.3 is 10.1 Å². The molecule has 0 saturated heterocycles.